The Hall–Kier alpha value is -0.410. The minimum absolute atomic E-state index is 0.130. The van der Waals surface area contributed by atoms with Crippen LogP contribution in [0.4, 0.5) is 0 Å². The Bertz CT molecular complexity index is 170. The number of piperidine rings is 1. The minimum Gasteiger partial charge on any atom is -0.395 e. The molecule has 0 aliphatic carbocycles. The Morgan fingerprint density at radius 1 is 1.58 bits per heavy atom. The molecule has 1 aliphatic rings. The number of hydrogen-bond donors (Lipinski definition) is 1. The monoisotopic (exact) mass is 171 g/mol. The van der Waals surface area contributed by atoms with E-state index in [0.29, 0.717) is 24.8 Å². The second kappa shape index (κ2) is 4.01. The van der Waals surface area contributed by atoms with E-state index in [2.05, 4.69) is 11.8 Å². The van der Waals surface area contributed by atoms with E-state index in [-0.39, 0.29) is 12.5 Å². The van der Waals surface area contributed by atoms with Crippen LogP contribution < -0.4 is 0 Å². The average molecular weight is 171 g/mol. The Balaban J connectivity index is 2.52. The van der Waals surface area contributed by atoms with Gasteiger partial charge in [0.2, 0.25) is 0 Å². The molecular formula is C9H17NO2. The first-order chi connectivity index (χ1) is 5.66. The number of carbonyl (C=O) groups excluding carboxylic acids is 1. The van der Waals surface area contributed by atoms with Crippen LogP contribution in [0.1, 0.15) is 20.3 Å². The highest BCUT2D eigenvalue weighted by molar-refractivity contribution is 5.82. The molecule has 3 nitrogen and oxygen atoms in total. The molecule has 0 spiro atoms. The molecule has 1 rings (SSSR count). The number of hydrogen-bond acceptors (Lipinski definition) is 3. The lowest BCUT2D eigenvalue weighted by Crippen LogP contribution is -2.47. The van der Waals surface area contributed by atoms with Crippen LogP contribution in [0.15, 0.2) is 0 Å². The zero-order valence-electron chi connectivity index (χ0n) is 7.79. The van der Waals surface area contributed by atoms with Crippen molar-refractivity contribution in [3.8, 4) is 0 Å². The van der Waals surface area contributed by atoms with Gasteiger partial charge < -0.3 is 5.11 Å². The van der Waals surface area contributed by atoms with Crippen LogP contribution in [0.25, 0.3) is 0 Å². The van der Waals surface area contributed by atoms with Crippen LogP contribution in [-0.4, -0.2) is 41.5 Å². The van der Waals surface area contributed by atoms with Crippen LogP contribution >= 0.6 is 0 Å². The quantitative estimate of drug-likeness (QED) is 0.648. The molecule has 1 aliphatic heterocycles. The number of rotatable bonds is 2. The van der Waals surface area contributed by atoms with Gasteiger partial charge in [-0.15, -0.1) is 0 Å². The fourth-order valence-corrected chi connectivity index (χ4v) is 1.71. The predicted octanol–water partition coefficient (Wildman–Crippen LogP) is 0.278. The number of Topliss-reactive ketones (excluding diaryl/α,β-unsaturated/α-hetero) is 1. The minimum atomic E-state index is 0.130. The topological polar surface area (TPSA) is 40.5 Å². The molecule has 12 heavy (non-hydrogen) atoms. The van der Waals surface area contributed by atoms with E-state index in [1.165, 1.54) is 0 Å². The van der Waals surface area contributed by atoms with Crippen molar-refractivity contribution in [2.75, 3.05) is 19.7 Å². The molecule has 1 heterocycles. The largest absolute Gasteiger partial charge is 0.395 e. The van der Waals surface area contributed by atoms with Crippen molar-refractivity contribution >= 4 is 5.78 Å². The van der Waals surface area contributed by atoms with Gasteiger partial charge >= 0.3 is 0 Å². The summed E-state index contributed by atoms with van der Waals surface area (Å²) < 4.78 is 0. The lowest BCUT2D eigenvalue weighted by Gasteiger charge is -2.36. The van der Waals surface area contributed by atoms with Gasteiger partial charge in [0, 0.05) is 31.5 Å². The molecule has 1 saturated heterocycles. The Labute approximate surface area is 73.4 Å². The standard InChI is InChI=1S/C9H17NO2/c1-7-8(2)10(5-6-11)4-3-9(7)12/h7-8,11H,3-6H2,1-2H3. The second-order valence-corrected chi connectivity index (χ2v) is 3.51. The molecule has 1 N–H and O–H groups in total. The van der Waals surface area contributed by atoms with E-state index < -0.39 is 0 Å². The zero-order valence-corrected chi connectivity index (χ0v) is 7.79. The second-order valence-electron chi connectivity index (χ2n) is 3.51. The third-order valence-electron chi connectivity index (χ3n) is 2.84. The third kappa shape index (κ3) is 1.84. The number of β-amino-alcohol motifs (C(OH)–C–C–N with tert-alkyl or cyclic N) is 1. The van der Waals surface area contributed by atoms with Gasteiger partial charge in [-0.1, -0.05) is 6.92 Å². The SMILES string of the molecule is CC1C(=O)CCN(CCO)C1C. The molecule has 0 aromatic rings. The molecule has 0 bridgehead atoms. The molecule has 3 heteroatoms. The van der Waals surface area contributed by atoms with Crippen molar-refractivity contribution in [1.82, 2.24) is 4.90 Å². The van der Waals surface area contributed by atoms with Crippen molar-refractivity contribution in [2.45, 2.75) is 26.3 Å². The molecule has 2 unspecified atom stereocenters. The van der Waals surface area contributed by atoms with Crippen molar-refractivity contribution in [1.29, 1.82) is 0 Å². The van der Waals surface area contributed by atoms with E-state index in [9.17, 15) is 4.79 Å². The molecule has 1 fully saturated rings. The number of ketones is 1. The third-order valence-corrected chi connectivity index (χ3v) is 2.84. The Kier molecular flexibility index (Phi) is 3.23. The summed E-state index contributed by atoms with van der Waals surface area (Å²) in [6.07, 6.45) is 0.644. The maximum atomic E-state index is 11.3. The highest BCUT2D eigenvalue weighted by Gasteiger charge is 2.29. The molecule has 0 amide bonds. The van der Waals surface area contributed by atoms with Gasteiger partial charge in [-0.2, -0.15) is 0 Å². The number of likely N-dealkylation sites (tertiary alicyclic amines) is 1. The van der Waals surface area contributed by atoms with Gasteiger partial charge in [-0.3, -0.25) is 9.69 Å². The molecule has 0 radical (unpaired) electrons. The maximum absolute atomic E-state index is 11.3. The van der Waals surface area contributed by atoms with E-state index in [0.717, 1.165) is 6.54 Å². The van der Waals surface area contributed by atoms with Crippen LogP contribution in [-0.2, 0) is 4.79 Å². The highest BCUT2D eigenvalue weighted by atomic mass is 16.3. The Morgan fingerprint density at radius 2 is 2.25 bits per heavy atom. The smallest absolute Gasteiger partial charge is 0.138 e. The number of aliphatic hydroxyl groups excluding tert-OH is 1. The van der Waals surface area contributed by atoms with Crippen molar-refractivity contribution in [3.05, 3.63) is 0 Å². The molecule has 0 aromatic carbocycles. The first-order valence-electron chi connectivity index (χ1n) is 4.54. The summed E-state index contributed by atoms with van der Waals surface area (Å²) in [6.45, 7) is 5.71. The summed E-state index contributed by atoms with van der Waals surface area (Å²) in [7, 11) is 0. The lowest BCUT2D eigenvalue weighted by molar-refractivity contribution is -0.128. The van der Waals surface area contributed by atoms with Crippen molar-refractivity contribution in [3.63, 3.8) is 0 Å². The summed E-state index contributed by atoms with van der Waals surface area (Å²) >= 11 is 0. The van der Waals surface area contributed by atoms with E-state index in [4.69, 9.17) is 5.11 Å². The van der Waals surface area contributed by atoms with Crippen LogP contribution in [0.5, 0.6) is 0 Å². The first-order valence-corrected chi connectivity index (χ1v) is 4.54. The molecule has 2 atom stereocenters. The maximum Gasteiger partial charge on any atom is 0.138 e. The van der Waals surface area contributed by atoms with E-state index >= 15 is 0 Å². The summed E-state index contributed by atoms with van der Waals surface area (Å²) in [5.41, 5.74) is 0. The van der Waals surface area contributed by atoms with Gasteiger partial charge in [-0.25, -0.2) is 0 Å². The lowest BCUT2D eigenvalue weighted by atomic mass is 9.91. The summed E-state index contributed by atoms with van der Waals surface area (Å²) in [4.78, 5) is 13.4. The summed E-state index contributed by atoms with van der Waals surface area (Å²) in [5, 5.41) is 8.76. The van der Waals surface area contributed by atoms with Crippen LogP contribution in [0.3, 0.4) is 0 Å². The van der Waals surface area contributed by atoms with Gasteiger partial charge in [0.15, 0.2) is 0 Å². The van der Waals surface area contributed by atoms with Gasteiger partial charge in [-0.05, 0) is 6.92 Å². The molecular weight excluding hydrogens is 154 g/mol. The normalized spacial score (nSPS) is 32.4. The fraction of sp³-hybridized carbons (Fsp3) is 0.889. The Morgan fingerprint density at radius 3 is 2.83 bits per heavy atom. The van der Waals surface area contributed by atoms with Crippen LogP contribution in [0, 0.1) is 5.92 Å². The van der Waals surface area contributed by atoms with Gasteiger partial charge in [0.1, 0.15) is 5.78 Å². The number of carbonyl (C=O) groups is 1. The molecule has 0 aromatic heterocycles. The fourth-order valence-electron chi connectivity index (χ4n) is 1.71. The average Bonchev–Trinajstić information content (AvgIpc) is 2.07. The van der Waals surface area contributed by atoms with Crippen molar-refractivity contribution in [2.24, 2.45) is 5.92 Å². The summed E-state index contributed by atoms with van der Waals surface area (Å²) in [5.74, 6) is 0.488. The summed E-state index contributed by atoms with van der Waals surface area (Å²) in [6, 6.07) is 0.290. The van der Waals surface area contributed by atoms with E-state index in [1.807, 2.05) is 6.92 Å². The first kappa shape index (κ1) is 9.68. The van der Waals surface area contributed by atoms with Crippen molar-refractivity contribution < 1.29 is 9.90 Å². The van der Waals surface area contributed by atoms with Gasteiger partial charge in [0.05, 0.1) is 6.61 Å². The molecule has 0 saturated carbocycles. The number of nitrogens with zero attached hydrogens (tertiary/aromatic N) is 1. The predicted molar refractivity (Wildman–Crippen MR) is 46.9 cm³/mol. The van der Waals surface area contributed by atoms with E-state index in [1.54, 1.807) is 0 Å². The van der Waals surface area contributed by atoms with Crippen LogP contribution in [0.2, 0.25) is 0 Å². The molecule has 70 valence electrons. The zero-order chi connectivity index (χ0) is 9.14. The number of aliphatic hydroxyl groups is 1. The van der Waals surface area contributed by atoms with Gasteiger partial charge in [0.25, 0.3) is 0 Å². The highest BCUT2D eigenvalue weighted by Crippen LogP contribution is 2.19.